The molecule has 3 N–H and O–H groups in total. The highest BCUT2D eigenvalue weighted by Gasteiger charge is 2.20. The number of nitrogens with one attached hydrogen (secondary N) is 1. The van der Waals surface area contributed by atoms with Crippen molar-refractivity contribution in [3.8, 4) is 0 Å². The lowest BCUT2D eigenvalue weighted by molar-refractivity contribution is -0.129. The molecule has 0 saturated heterocycles. The summed E-state index contributed by atoms with van der Waals surface area (Å²) < 4.78 is 5.21. The molecule has 0 bridgehead atoms. The number of rotatable bonds is 6. The van der Waals surface area contributed by atoms with Crippen molar-refractivity contribution in [1.82, 2.24) is 5.32 Å². The van der Waals surface area contributed by atoms with Crippen LogP contribution >= 0.6 is 0 Å². The normalized spacial score (nSPS) is 11.6. The van der Waals surface area contributed by atoms with Gasteiger partial charge in [0.1, 0.15) is 0 Å². The number of esters is 1. The molecule has 0 radical (unpaired) electrons. The Hall–Kier alpha value is -2.82. The van der Waals surface area contributed by atoms with Crippen LogP contribution in [0.5, 0.6) is 0 Å². The zero-order valence-corrected chi connectivity index (χ0v) is 13.9. The van der Waals surface area contributed by atoms with Crippen LogP contribution in [0.3, 0.4) is 0 Å². The summed E-state index contributed by atoms with van der Waals surface area (Å²) in [6, 6.07) is 15.0. The molecule has 2 aromatic carbocycles. The molecular weight excluding hydrogens is 304 g/mol. The van der Waals surface area contributed by atoms with Crippen LogP contribution in [-0.4, -0.2) is 24.5 Å². The number of carbonyl (C=O) groups is 2. The van der Waals surface area contributed by atoms with E-state index in [9.17, 15) is 9.59 Å². The largest absolute Gasteiger partial charge is 0.449 e. The second kappa shape index (κ2) is 8.15. The minimum absolute atomic E-state index is 0.277. The fourth-order valence-corrected chi connectivity index (χ4v) is 2.25. The van der Waals surface area contributed by atoms with Crippen molar-refractivity contribution >= 4 is 17.6 Å². The number of carbonyl (C=O) groups excluding carboxylic acids is 2. The molecule has 0 unspecified atom stereocenters. The van der Waals surface area contributed by atoms with Gasteiger partial charge in [-0.15, -0.1) is 0 Å². The molecule has 24 heavy (non-hydrogen) atoms. The summed E-state index contributed by atoms with van der Waals surface area (Å²) in [6.07, 6.45) is -0.161. The van der Waals surface area contributed by atoms with E-state index in [1.165, 1.54) is 0 Å². The third kappa shape index (κ3) is 4.59. The summed E-state index contributed by atoms with van der Waals surface area (Å²) in [4.78, 5) is 24.2. The summed E-state index contributed by atoms with van der Waals surface area (Å²) in [6.45, 7) is 3.84. The SMILES string of the molecule is Cc1cccc(C(=O)O[C@@H](C)C(=O)NCCc2ccccc2)c1N. The van der Waals surface area contributed by atoms with E-state index < -0.39 is 12.1 Å². The maximum Gasteiger partial charge on any atom is 0.341 e. The average molecular weight is 326 g/mol. The van der Waals surface area contributed by atoms with Gasteiger partial charge in [-0.3, -0.25) is 4.79 Å². The van der Waals surface area contributed by atoms with E-state index in [1.807, 2.05) is 43.3 Å². The molecule has 5 heteroatoms. The Labute approximate surface area is 141 Å². The van der Waals surface area contributed by atoms with Gasteiger partial charge in [0, 0.05) is 12.2 Å². The predicted molar refractivity (Wildman–Crippen MR) is 93.6 cm³/mol. The number of anilines is 1. The first-order valence-corrected chi connectivity index (χ1v) is 7.86. The Morgan fingerprint density at radius 1 is 1.12 bits per heavy atom. The lowest BCUT2D eigenvalue weighted by atomic mass is 10.1. The number of hydrogen-bond acceptors (Lipinski definition) is 4. The van der Waals surface area contributed by atoms with Crippen LogP contribution in [0.2, 0.25) is 0 Å². The van der Waals surface area contributed by atoms with Gasteiger partial charge in [0.2, 0.25) is 0 Å². The quantitative estimate of drug-likeness (QED) is 0.631. The summed E-state index contributed by atoms with van der Waals surface area (Å²) in [5, 5.41) is 2.77. The van der Waals surface area contributed by atoms with Gasteiger partial charge < -0.3 is 15.8 Å². The molecular formula is C19H22N2O3. The van der Waals surface area contributed by atoms with E-state index in [4.69, 9.17) is 10.5 Å². The zero-order chi connectivity index (χ0) is 17.5. The summed E-state index contributed by atoms with van der Waals surface area (Å²) in [7, 11) is 0. The van der Waals surface area contributed by atoms with Gasteiger partial charge in [-0.05, 0) is 37.5 Å². The molecule has 0 aliphatic heterocycles. The minimum atomic E-state index is -0.881. The first-order valence-electron chi connectivity index (χ1n) is 7.86. The maximum atomic E-state index is 12.1. The van der Waals surface area contributed by atoms with Gasteiger partial charge in [-0.25, -0.2) is 4.79 Å². The smallest absolute Gasteiger partial charge is 0.341 e. The molecule has 126 valence electrons. The molecule has 0 saturated carbocycles. The Kier molecular flexibility index (Phi) is 5.95. The van der Waals surface area contributed by atoms with Crippen molar-refractivity contribution in [2.24, 2.45) is 0 Å². The topological polar surface area (TPSA) is 81.4 Å². The van der Waals surface area contributed by atoms with Crippen molar-refractivity contribution in [2.75, 3.05) is 12.3 Å². The Morgan fingerprint density at radius 2 is 1.83 bits per heavy atom. The van der Waals surface area contributed by atoms with Crippen LogP contribution in [0.4, 0.5) is 5.69 Å². The fraction of sp³-hybridized carbons (Fsp3) is 0.263. The molecule has 5 nitrogen and oxygen atoms in total. The van der Waals surface area contributed by atoms with Gasteiger partial charge in [0.25, 0.3) is 5.91 Å². The van der Waals surface area contributed by atoms with Crippen LogP contribution in [-0.2, 0) is 16.0 Å². The monoisotopic (exact) mass is 326 g/mol. The first kappa shape index (κ1) is 17.5. The van der Waals surface area contributed by atoms with Gasteiger partial charge in [-0.2, -0.15) is 0 Å². The van der Waals surface area contributed by atoms with E-state index in [2.05, 4.69) is 5.32 Å². The Bertz CT molecular complexity index is 714. The lowest BCUT2D eigenvalue weighted by Crippen LogP contribution is -2.37. The molecule has 0 aliphatic carbocycles. The van der Waals surface area contributed by atoms with Gasteiger partial charge in [0.05, 0.1) is 5.56 Å². The van der Waals surface area contributed by atoms with Gasteiger partial charge in [0.15, 0.2) is 6.10 Å². The minimum Gasteiger partial charge on any atom is -0.449 e. The average Bonchev–Trinajstić information content (AvgIpc) is 2.58. The molecule has 2 rings (SSSR count). The summed E-state index contributed by atoms with van der Waals surface area (Å²) in [5.41, 5.74) is 8.46. The van der Waals surface area contributed by atoms with E-state index in [0.29, 0.717) is 12.2 Å². The van der Waals surface area contributed by atoms with Crippen LogP contribution in [0.25, 0.3) is 0 Å². The van der Waals surface area contributed by atoms with Crippen LogP contribution < -0.4 is 11.1 Å². The van der Waals surface area contributed by atoms with Crippen molar-refractivity contribution in [3.63, 3.8) is 0 Å². The second-order valence-electron chi connectivity index (χ2n) is 5.61. The molecule has 1 atom stereocenters. The number of nitrogen functional groups attached to an aromatic ring is 1. The number of hydrogen-bond donors (Lipinski definition) is 2. The lowest BCUT2D eigenvalue weighted by Gasteiger charge is -2.15. The number of amides is 1. The van der Waals surface area contributed by atoms with Crippen LogP contribution in [0.1, 0.15) is 28.4 Å². The molecule has 0 spiro atoms. The molecule has 2 aromatic rings. The standard InChI is InChI=1S/C19H22N2O3/c1-13-7-6-10-16(17(13)20)19(23)24-14(2)18(22)21-12-11-15-8-4-3-5-9-15/h3-10,14H,11-12,20H2,1-2H3,(H,21,22)/t14-/m0/s1. The Balaban J connectivity index is 1.85. The van der Waals surface area contributed by atoms with Crippen LogP contribution in [0.15, 0.2) is 48.5 Å². The molecule has 1 amide bonds. The Morgan fingerprint density at radius 3 is 2.54 bits per heavy atom. The number of nitrogens with two attached hydrogens (primary N) is 1. The zero-order valence-electron chi connectivity index (χ0n) is 13.9. The molecule has 0 fully saturated rings. The number of ether oxygens (including phenoxy) is 1. The van der Waals surface area contributed by atoms with Crippen molar-refractivity contribution in [3.05, 3.63) is 65.2 Å². The third-order valence-electron chi connectivity index (χ3n) is 3.75. The molecule has 0 aliphatic rings. The number of benzene rings is 2. The van der Waals surface area contributed by atoms with Gasteiger partial charge >= 0.3 is 5.97 Å². The number of para-hydroxylation sites is 1. The van der Waals surface area contributed by atoms with E-state index in [-0.39, 0.29) is 11.5 Å². The van der Waals surface area contributed by atoms with Crippen molar-refractivity contribution < 1.29 is 14.3 Å². The summed E-state index contributed by atoms with van der Waals surface area (Å²) in [5.74, 6) is -0.924. The van der Waals surface area contributed by atoms with Crippen molar-refractivity contribution in [1.29, 1.82) is 0 Å². The molecule has 0 aromatic heterocycles. The predicted octanol–water partition coefficient (Wildman–Crippen LogP) is 2.48. The number of aryl methyl sites for hydroxylation is 1. The molecule has 0 heterocycles. The van der Waals surface area contributed by atoms with Crippen molar-refractivity contribution in [2.45, 2.75) is 26.4 Å². The van der Waals surface area contributed by atoms with Crippen LogP contribution in [0, 0.1) is 6.92 Å². The maximum absolute atomic E-state index is 12.1. The van der Waals surface area contributed by atoms with E-state index >= 15 is 0 Å². The third-order valence-corrected chi connectivity index (χ3v) is 3.75. The van der Waals surface area contributed by atoms with Gasteiger partial charge in [-0.1, -0.05) is 42.5 Å². The summed E-state index contributed by atoms with van der Waals surface area (Å²) >= 11 is 0. The van der Waals surface area contributed by atoms with E-state index in [0.717, 1.165) is 17.5 Å². The van der Waals surface area contributed by atoms with E-state index in [1.54, 1.807) is 19.1 Å². The highest BCUT2D eigenvalue weighted by Crippen LogP contribution is 2.18. The fourth-order valence-electron chi connectivity index (χ4n) is 2.25. The second-order valence-corrected chi connectivity index (χ2v) is 5.61. The first-order chi connectivity index (χ1) is 11.5. The highest BCUT2D eigenvalue weighted by molar-refractivity contribution is 5.97. The highest BCUT2D eigenvalue weighted by atomic mass is 16.5.